The Kier molecular flexibility index (Phi) is 4.60. The second-order valence-electron chi connectivity index (χ2n) is 5.48. The average molecular weight is 318 g/mol. The maximum Gasteiger partial charge on any atom is 0.135 e. The molecule has 1 aromatic heterocycles. The molecule has 0 aliphatic carbocycles. The molecule has 2 aromatic rings. The summed E-state index contributed by atoms with van der Waals surface area (Å²) in [4.78, 5) is 11.3. The van der Waals surface area contributed by atoms with Crippen LogP contribution in [0.15, 0.2) is 30.5 Å². The molecule has 2 heterocycles. The number of hydrogen-bond donors (Lipinski definition) is 0. The lowest BCUT2D eigenvalue weighted by Gasteiger charge is -2.35. The molecule has 0 spiro atoms. The summed E-state index contributed by atoms with van der Waals surface area (Å²) in [7, 11) is 0. The van der Waals surface area contributed by atoms with E-state index >= 15 is 0 Å². The molecule has 0 radical (unpaired) electrons. The number of halogens is 1. The number of morpholine rings is 1. The summed E-state index contributed by atoms with van der Waals surface area (Å²) in [5, 5.41) is 0.746. The molecule has 0 unspecified atom stereocenters. The Bertz CT molecular complexity index is 645. The standard InChI is InChI=1S/C17H20ClN3O/c1-3-13-10-19-12(2)20-17(13)21-8-9-22-16(11-21)14-4-6-15(18)7-5-14/h4-7,10,16H,3,8-9,11H2,1-2H3/t16-/m1/s1. The first-order valence-corrected chi connectivity index (χ1v) is 7.99. The Labute approximate surface area is 136 Å². The summed E-state index contributed by atoms with van der Waals surface area (Å²) in [6, 6.07) is 7.88. The van der Waals surface area contributed by atoms with E-state index in [4.69, 9.17) is 16.3 Å². The SMILES string of the molecule is CCc1cnc(C)nc1N1CCO[C@@H](c2ccc(Cl)cc2)C1. The monoisotopic (exact) mass is 317 g/mol. The molecule has 1 aliphatic heterocycles. The third kappa shape index (κ3) is 3.23. The fourth-order valence-electron chi connectivity index (χ4n) is 2.73. The predicted octanol–water partition coefficient (Wildman–Crippen LogP) is 3.58. The van der Waals surface area contributed by atoms with E-state index in [-0.39, 0.29) is 6.10 Å². The lowest BCUT2D eigenvalue weighted by Crippen LogP contribution is -2.39. The van der Waals surface area contributed by atoms with Gasteiger partial charge in [0.2, 0.25) is 0 Å². The average Bonchev–Trinajstić information content (AvgIpc) is 2.55. The van der Waals surface area contributed by atoms with Crippen LogP contribution in [0.2, 0.25) is 5.02 Å². The van der Waals surface area contributed by atoms with Crippen molar-refractivity contribution in [3.63, 3.8) is 0 Å². The quantitative estimate of drug-likeness (QED) is 0.867. The van der Waals surface area contributed by atoms with E-state index in [2.05, 4.69) is 21.8 Å². The van der Waals surface area contributed by atoms with E-state index < -0.39 is 0 Å². The first-order chi connectivity index (χ1) is 10.7. The van der Waals surface area contributed by atoms with Crippen LogP contribution in [0.3, 0.4) is 0 Å². The van der Waals surface area contributed by atoms with E-state index in [1.807, 2.05) is 37.4 Å². The van der Waals surface area contributed by atoms with Crippen LogP contribution in [0.4, 0.5) is 5.82 Å². The highest BCUT2D eigenvalue weighted by Gasteiger charge is 2.24. The van der Waals surface area contributed by atoms with Gasteiger partial charge in [-0.3, -0.25) is 0 Å². The lowest BCUT2D eigenvalue weighted by molar-refractivity contribution is 0.0394. The molecule has 5 heteroatoms. The number of hydrogen-bond acceptors (Lipinski definition) is 4. The maximum atomic E-state index is 5.96. The zero-order valence-electron chi connectivity index (χ0n) is 12.9. The van der Waals surface area contributed by atoms with Gasteiger partial charge in [0.1, 0.15) is 17.7 Å². The molecular weight excluding hydrogens is 298 g/mol. The van der Waals surface area contributed by atoms with E-state index in [1.165, 1.54) is 5.56 Å². The van der Waals surface area contributed by atoms with Crippen molar-refractivity contribution in [3.8, 4) is 0 Å². The van der Waals surface area contributed by atoms with E-state index in [9.17, 15) is 0 Å². The first kappa shape index (κ1) is 15.3. The van der Waals surface area contributed by atoms with Gasteiger partial charge in [-0.25, -0.2) is 9.97 Å². The first-order valence-electron chi connectivity index (χ1n) is 7.62. The van der Waals surface area contributed by atoms with Crippen molar-refractivity contribution in [1.29, 1.82) is 0 Å². The van der Waals surface area contributed by atoms with Gasteiger partial charge in [0.05, 0.1) is 6.61 Å². The van der Waals surface area contributed by atoms with Crippen molar-refractivity contribution in [2.45, 2.75) is 26.4 Å². The summed E-state index contributed by atoms with van der Waals surface area (Å²) in [5.74, 6) is 1.85. The molecule has 3 rings (SSSR count). The van der Waals surface area contributed by atoms with Gasteiger partial charge < -0.3 is 9.64 Å². The number of nitrogens with zero attached hydrogens (tertiary/aromatic N) is 3. The molecule has 0 bridgehead atoms. The predicted molar refractivity (Wildman–Crippen MR) is 88.5 cm³/mol. The maximum absolute atomic E-state index is 5.96. The Hall–Kier alpha value is -1.65. The van der Waals surface area contributed by atoms with E-state index in [0.717, 1.165) is 41.7 Å². The molecule has 0 N–H and O–H groups in total. The van der Waals surface area contributed by atoms with Crippen LogP contribution in [0.1, 0.15) is 30.0 Å². The molecule has 1 fully saturated rings. The largest absolute Gasteiger partial charge is 0.370 e. The van der Waals surface area contributed by atoms with Crippen LogP contribution in [-0.2, 0) is 11.2 Å². The Morgan fingerprint density at radius 3 is 2.82 bits per heavy atom. The van der Waals surface area contributed by atoms with Crippen LogP contribution in [0, 0.1) is 6.92 Å². The highest BCUT2D eigenvalue weighted by molar-refractivity contribution is 6.30. The summed E-state index contributed by atoms with van der Waals surface area (Å²) in [5.41, 5.74) is 2.33. The van der Waals surface area contributed by atoms with Gasteiger partial charge in [-0.2, -0.15) is 0 Å². The van der Waals surface area contributed by atoms with Crippen LogP contribution < -0.4 is 4.90 Å². The third-order valence-electron chi connectivity index (χ3n) is 3.95. The Morgan fingerprint density at radius 2 is 2.09 bits per heavy atom. The minimum Gasteiger partial charge on any atom is -0.370 e. The van der Waals surface area contributed by atoms with Crippen molar-refractivity contribution in [2.24, 2.45) is 0 Å². The fourth-order valence-corrected chi connectivity index (χ4v) is 2.85. The summed E-state index contributed by atoms with van der Waals surface area (Å²) in [6.45, 7) is 6.41. The summed E-state index contributed by atoms with van der Waals surface area (Å²) in [6.07, 6.45) is 2.91. The second kappa shape index (κ2) is 6.63. The molecule has 1 aliphatic rings. The smallest absolute Gasteiger partial charge is 0.135 e. The summed E-state index contributed by atoms with van der Waals surface area (Å²) >= 11 is 5.96. The molecule has 22 heavy (non-hydrogen) atoms. The van der Waals surface area contributed by atoms with Crippen molar-refractivity contribution in [2.75, 3.05) is 24.6 Å². The number of benzene rings is 1. The van der Waals surface area contributed by atoms with Gasteiger partial charge in [0, 0.05) is 29.9 Å². The van der Waals surface area contributed by atoms with Gasteiger partial charge in [0.25, 0.3) is 0 Å². The molecule has 0 saturated carbocycles. The van der Waals surface area contributed by atoms with Crippen molar-refractivity contribution in [1.82, 2.24) is 9.97 Å². The number of aryl methyl sites for hydroxylation is 2. The van der Waals surface area contributed by atoms with Crippen LogP contribution in [0.25, 0.3) is 0 Å². The van der Waals surface area contributed by atoms with Crippen molar-refractivity contribution < 1.29 is 4.74 Å². The third-order valence-corrected chi connectivity index (χ3v) is 4.20. The zero-order valence-corrected chi connectivity index (χ0v) is 13.7. The van der Waals surface area contributed by atoms with Crippen LogP contribution in [-0.4, -0.2) is 29.7 Å². The van der Waals surface area contributed by atoms with Crippen molar-refractivity contribution >= 4 is 17.4 Å². The number of ether oxygens (including phenoxy) is 1. The molecular formula is C17H20ClN3O. The number of rotatable bonds is 3. The normalized spacial score (nSPS) is 18.5. The molecule has 4 nitrogen and oxygen atoms in total. The Morgan fingerprint density at radius 1 is 1.32 bits per heavy atom. The summed E-state index contributed by atoms with van der Waals surface area (Å²) < 4.78 is 5.93. The topological polar surface area (TPSA) is 38.2 Å². The number of anilines is 1. The van der Waals surface area contributed by atoms with Gasteiger partial charge in [0.15, 0.2) is 0 Å². The van der Waals surface area contributed by atoms with Gasteiger partial charge in [-0.05, 0) is 31.0 Å². The van der Waals surface area contributed by atoms with Crippen LogP contribution in [0.5, 0.6) is 0 Å². The zero-order chi connectivity index (χ0) is 15.5. The lowest BCUT2D eigenvalue weighted by atomic mass is 10.1. The Balaban J connectivity index is 1.84. The van der Waals surface area contributed by atoms with E-state index in [1.54, 1.807) is 0 Å². The van der Waals surface area contributed by atoms with Gasteiger partial charge in [-0.1, -0.05) is 30.7 Å². The highest BCUT2D eigenvalue weighted by atomic mass is 35.5. The second-order valence-corrected chi connectivity index (χ2v) is 5.91. The van der Waals surface area contributed by atoms with Gasteiger partial charge >= 0.3 is 0 Å². The molecule has 1 atom stereocenters. The van der Waals surface area contributed by atoms with Gasteiger partial charge in [-0.15, -0.1) is 0 Å². The fraction of sp³-hybridized carbons (Fsp3) is 0.412. The highest BCUT2D eigenvalue weighted by Crippen LogP contribution is 2.27. The van der Waals surface area contributed by atoms with Crippen molar-refractivity contribution in [3.05, 3.63) is 52.4 Å². The molecule has 116 valence electrons. The molecule has 1 aromatic carbocycles. The minimum atomic E-state index is 0.0472. The van der Waals surface area contributed by atoms with E-state index in [0.29, 0.717) is 6.61 Å². The molecule has 0 amide bonds. The minimum absolute atomic E-state index is 0.0472. The van der Waals surface area contributed by atoms with Crippen LogP contribution >= 0.6 is 11.6 Å². The molecule has 1 saturated heterocycles. The number of aromatic nitrogens is 2.